The summed E-state index contributed by atoms with van der Waals surface area (Å²) in [6, 6.07) is 0.662. The van der Waals surface area contributed by atoms with Gasteiger partial charge in [-0.25, -0.2) is 0 Å². The number of rotatable bonds is 3. The van der Waals surface area contributed by atoms with Gasteiger partial charge in [0.1, 0.15) is 0 Å². The minimum atomic E-state index is 0.662. The zero-order valence-corrected chi connectivity index (χ0v) is 6.01. The van der Waals surface area contributed by atoms with E-state index in [0.29, 0.717) is 6.04 Å². The summed E-state index contributed by atoms with van der Waals surface area (Å²) in [4.78, 5) is 0. The monoisotopic (exact) mass is 119 g/mol. The molecule has 1 nitrogen and oxygen atoms in total. The van der Waals surface area contributed by atoms with Gasteiger partial charge in [0.25, 0.3) is 0 Å². The molecule has 1 unspecified atom stereocenters. The molecule has 0 heterocycles. The molecule has 0 aromatic heterocycles. The van der Waals surface area contributed by atoms with Crippen molar-refractivity contribution in [1.82, 2.24) is 5.32 Å². The number of nitrogens with one attached hydrogen (secondary N) is 1. The van der Waals surface area contributed by atoms with Gasteiger partial charge >= 0.3 is 0 Å². The Labute approximate surface area is 49.9 Å². The van der Waals surface area contributed by atoms with Crippen LogP contribution in [0.1, 0.15) is 6.92 Å². The molecule has 0 amide bonds. The van der Waals surface area contributed by atoms with Crippen LogP contribution >= 0.6 is 11.8 Å². The number of hydrogen-bond donors (Lipinski definition) is 1. The first-order valence-electron chi connectivity index (χ1n) is 2.47. The van der Waals surface area contributed by atoms with Gasteiger partial charge in [0.15, 0.2) is 0 Å². The maximum atomic E-state index is 3.14. The van der Waals surface area contributed by atoms with Gasteiger partial charge in [-0.15, -0.1) is 0 Å². The van der Waals surface area contributed by atoms with E-state index in [4.69, 9.17) is 0 Å². The molecule has 0 saturated carbocycles. The van der Waals surface area contributed by atoms with E-state index in [0.717, 1.165) is 0 Å². The van der Waals surface area contributed by atoms with Crippen LogP contribution in [0.5, 0.6) is 0 Å². The van der Waals surface area contributed by atoms with Crippen molar-refractivity contribution in [3.63, 3.8) is 0 Å². The zero-order valence-electron chi connectivity index (χ0n) is 5.19. The third kappa shape index (κ3) is 4.16. The van der Waals surface area contributed by atoms with E-state index in [1.807, 2.05) is 18.8 Å². The fraction of sp³-hybridized carbons (Fsp3) is 1.00. The van der Waals surface area contributed by atoms with Crippen LogP contribution in [0.25, 0.3) is 0 Å². The van der Waals surface area contributed by atoms with Gasteiger partial charge in [0, 0.05) is 11.8 Å². The first-order chi connectivity index (χ1) is 3.31. The zero-order chi connectivity index (χ0) is 5.70. The van der Waals surface area contributed by atoms with Crippen LogP contribution in [0.15, 0.2) is 0 Å². The van der Waals surface area contributed by atoms with Gasteiger partial charge in [-0.1, -0.05) is 0 Å². The fourth-order valence-electron chi connectivity index (χ4n) is 0.333. The Morgan fingerprint density at radius 1 is 1.71 bits per heavy atom. The van der Waals surface area contributed by atoms with Crippen LogP contribution in [0, 0.1) is 0 Å². The second-order valence-electron chi connectivity index (χ2n) is 1.65. The molecule has 0 radical (unpaired) electrons. The predicted molar refractivity (Wildman–Crippen MR) is 36.9 cm³/mol. The molecule has 0 aliphatic carbocycles. The van der Waals surface area contributed by atoms with Crippen molar-refractivity contribution < 1.29 is 0 Å². The van der Waals surface area contributed by atoms with Crippen molar-refractivity contribution in [3.8, 4) is 0 Å². The molecular weight excluding hydrogens is 106 g/mol. The van der Waals surface area contributed by atoms with E-state index in [1.54, 1.807) is 0 Å². The van der Waals surface area contributed by atoms with Crippen molar-refractivity contribution >= 4 is 11.8 Å². The summed E-state index contributed by atoms with van der Waals surface area (Å²) in [7, 11) is 1.99. The van der Waals surface area contributed by atoms with Crippen LogP contribution < -0.4 is 5.32 Å². The van der Waals surface area contributed by atoms with E-state index < -0.39 is 0 Å². The Kier molecular flexibility index (Phi) is 4.67. The summed E-state index contributed by atoms with van der Waals surface area (Å²) in [5, 5.41) is 3.14. The molecule has 0 fully saturated rings. The molecule has 44 valence electrons. The van der Waals surface area contributed by atoms with Crippen LogP contribution in [-0.2, 0) is 0 Å². The minimum absolute atomic E-state index is 0.662. The van der Waals surface area contributed by atoms with E-state index in [-0.39, 0.29) is 0 Å². The van der Waals surface area contributed by atoms with Crippen LogP contribution in [0.4, 0.5) is 0 Å². The molecule has 1 N–H and O–H groups in total. The molecule has 0 aliphatic heterocycles. The maximum Gasteiger partial charge on any atom is 0.0126 e. The van der Waals surface area contributed by atoms with Crippen molar-refractivity contribution in [1.29, 1.82) is 0 Å². The largest absolute Gasteiger partial charge is 0.316 e. The standard InChI is InChI=1S/C5H13NS/c1-5(6-2)4-7-3/h5-6H,4H2,1-3H3. The topological polar surface area (TPSA) is 12.0 Å². The SMILES string of the molecule is CNC(C)CSC. The lowest BCUT2D eigenvalue weighted by Gasteiger charge is -2.05. The number of thioether (sulfide) groups is 1. The molecule has 0 spiro atoms. The van der Waals surface area contributed by atoms with Crippen molar-refractivity contribution in [2.24, 2.45) is 0 Å². The smallest absolute Gasteiger partial charge is 0.0126 e. The lowest BCUT2D eigenvalue weighted by molar-refractivity contribution is 0.678. The highest BCUT2D eigenvalue weighted by atomic mass is 32.2. The van der Waals surface area contributed by atoms with Gasteiger partial charge in [-0.05, 0) is 20.2 Å². The third-order valence-electron chi connectivity index (χ3n) is 0.909. The second-order valence-corrected chi connectivity index (χ2v) is 2.56. The highest BCUT2D eigenvalue weighted by molar-refractivity contribution is 7.98. The molecule has 0 bridgehead atoms. The van der Waals surface area contributed by atoms with Gasteiger partial charge in [-0.3, -0.25) is 0 Å². The molecule has 0 aromatic carbocycles. The Hall–Kier alpha value is 0.310. The van der Waals surface area contributed by atoms with Gasteiger partial charge in [-0.2, -0.15) is 11.8 Å². The highest BCUT2D eigenvalue weighted by Crippen LogP contribution is 1.93. The second kappa shape index (κ2) is 4.47. The summed E-state index contributed by atoms with van der Waals surface area (Å²) in [6.07, 6.45) is 2.12. The molecular formula is C5H13NS. The van der Waals surface area contributed by atoms with E-state index in [9.17, 15) is 0 Å². The minimum Gasteiger partial charge on any atom is -0.316 e. The van der Waals surface area contributed by atoms with Crippen LogP contribution in [0.3, 0.4) is 0 Å². The van der Waals surface area contributed by atoms with Crippen LogP contribution in [0.2, 0.25) is 0 Å². The summed E-state index contributed by atoms with van der Waals surface area (Å²) in [5.74, 6) is 1.20. The molecule has 1 atom stereocenters. The quantitative estimate of drug-likeness (QED) is 0.594. The summed E-state index contributed by atoms with van der Waals surface area (Å²) in [6.45, 7) is 2.18. The first kappa shape index (κ1) is 7.31. The molecule has 0 aliphatic rings. The first-order valence-corrected chi connectivity index (χ1v) is 3.87. The lowest BCUT2D eigenvalue weighted by Crippen LogP contribution is -2.23. The Morgan fingerprint density at radius 3 is 2.43 bits per heavy atom. The maximum absolute atomic E-state index is 3.14. The van der Waals surface area contributed by atoms with E-state index in [1.165, 1.54) is 5.75 Å². The molecule has 2 heteroatoms. The summed E-state index contributed by atoms with van der Waals surface area (Å²) < 4.78 is 0. The van der Waals surface area contributed by atoms with E-state index in [2.05, 4.69) is 18.5 Å². The van der Waals surface area contributed by atoms with Gasteiger partial charge in [0.2, 0.25) is 0 Å². The Bertz CT molecular complexity index is 39.1. The molecule has 7 heavy (non-hydrogen) atoms. The van der Waals surface area contributed by atoms with Crippen molar-refractivity contribution in [2.45, 2.75) is 13.0 Å². The normalized spacial score (nSPS) is 14.1. The molecule has 0 rings (SSSR count). The van der Waals surface area contributed by atoms with Gasteiger partial charge in [0.05, 0.1) is 0 Å². The average molecular weight is 119 g/mol. The van der Waals surface area contributed by atoms with Crippen molar-refractivity contribution in [3.05, 3.63) is 0 Å². The Balaban J connectivity index is 2.83. The van der Waals surface area contributed by atoms with E-state index >= 15 is 0 Å². The third-order valence-corrected chi connectivity index (χ3v) is 1.74. The molecule has 0 saturated heterocycles. The van der Waals surface area contributed by atoms with Gasteiger partial charge < -0.3 is 5.32 Å². The predicted octanol–water partition coefficient (Wildman–Crippen LogP) is 0.957. The highest BCUT2D eigenvalue weighted by Gasteiger charge is 1.91. The lowest BCUT2D eigenvalue weighted by atomic mass is 10.4. The summed E-state index contributed by atoms with van der Waals surface area (Å²) >= 11 is 1.87. The fourth-order valence-corrected chi connectivity index (χ4v) is 1.000. The average Bonchev–Trinajstić information content (AvgIpc) is 1.68. The van der Waals surface area contributed by atoms with Crippen LogP contribution in [-0.4, -0.2) is 25.1 Å². The summed E-state index contributed by atoms with van der Waals surface area (Å²) in [5.41, 5.74) is 0. The number of hydrogen-bond acceptors (Lipinski definition) is 2. The van der Waals surface area contributed by atoms with Crippen molar-refractivity contribution in [2.75, 3.05) is 19.1 Å². The molecule has 0 aromatic rings. The Morgan fingerprint density at radius 2 is 2.29 bits per heavy atom.